The SMILES string of the molecule is O=C1c2cnc(Nc3ccc(N4CCNCC4)cc3)nc2OCN1C1CCCCC1. The van der Waals surface area contributed by atoms with Gasteiger partial charge in [-0.25, -0.2) is 4.98 Å². The monoisotopic (exact) mass is 408 g/mol. The fraction of sp³-hybridized carbons (Fsp3) is 0.500. The van der Waals surface area contributed by atoms with E-state index in [0.717, 1.165) is 44.7 Å². The average Bonchev–Trinajstić information content (AvgIpc) is 2.81. The first-order chi connectivity index (χ1) is 14.8. The first kappa shape index (κ1) is 19.1. The Morgan fingerprint density at radius 3 is 2.60 bits per heavy atom. The Hall–Kier alpha value is -2.87. The van der Waals surface area contributed by atoms with Gasteiger partial charge in [0.15, 0.2) is 6.73 Å². The number of amides is 1. The maximum absolute atomic E-state index is 12.9. The molecule has 8 heteroatoms. The minimum atomic E-state index is -0.0184. The number of carbonyl (C=O) groups is 1. The topological polar surface area (TPSA) is 82.6 Å². The molecule has 3 heterocycles. The molecule has 3 aliphatic rings. The molecule has 30 heavy (non-hydrogen) atoms. The number of benzene rings is 1. The van der Waals surface area contributed by atoms with E-state index in [-0.39, 0.29) is 18.7 Å². The van der Waals surface area contributed by atoms with Crippen molar-refractivity contribution in [2.75, 3.05) is 43.1 Å². The number of rotatable bonds is 4. The van der Waals surface area contributed by atoms with Gasteiger partial charge >= 0.3 is 0 Å². The van der Waals surface area contributed by atoms with E-state index in [1.165, 1.54) is 24.9 Å². The highest BCUT2D eigenvalue weighted by molar-refractivity contribution is 5.97. The summed E-state index contributed by atoms with van der Waals surface area (Å²) < 4.78 is 5.84. The molecule has 2 fully saturated rings. The van der Waals surface area contributed by atoms with Crippen LogP contribution in [0.1, 0.15) is 42.5 Å². The number of nitrogens with zero attached hydrogens (tertiary/aromatic N) is 4. The number of carbonyl (C=O) groups excluding carboxylic acids is 1. The van der Waals surface area contributed by atoms with Gasteiger partial charge in [-0.3, -0.25) is 4.79 Å². The molecule has 2 aliphatic heterocycles. The molecule has 0 spiro atoms. The molecule has 8 nitrogen and oxygen atoms in total. The van der Waals surface area contributed by atoms with Gasteiger partial charge in [-0.2, -0.15) is 4.98 Å². The summed E-state index contributed by atoms with van der Waals surface area (Å²) in [6.45, 7) is 4.33. The summed E-state index contributed by atoms with van der Waals surface area (Å²) in [5, 5.41) is 6.58. The fourth-order valence-electron chi connectivity index (χ4n) is 4.50. The lowest BCUT2D eigenvalue weighted by atomic mass is 9.94. The van der Waals surface area contributed by atoms with Gasteiger partial charge in [-0.05, 0) is 37.1 Å². The van der Waals surface area contributed by atoms with Crippen LogP contribution in [-0.4, -0.2) is 59.7 Å². The number of ether oxygens (including phenoxy) is 1. The van der Waals surface area contributed by atoms with Crippen LogP contribution in [0.15, 0.2) is 30.5 Å². The minimum absolute atomic E-state index is 0.0184. The molecule has 1 aliphatic carbocycles. The van der Waals surface area contributed by atoms with Crippen molar-refractivity contribution in [1.82, 2.24) is 20.2 Å². The van der Waals surface area contributed by atoms with E-state index in [1.54, 1.807) is 6.20 Å². The number of fused-ring (bicyclic) bond motifs is 1. The number of hydrogen-bond donors (Lipinski definition) is 2. The van der Waals surface area contributed by atoms with Crippen molar-refractivity contribution in [2.24, 2.45) is 0 Å². The first-order valence-electron chi connectivity index (χ1n) is 10.9. The lowest BCUT2D eigenvalue weighted by Gasteiger charge is -2.36. The van der Waals surface area contributed by atoms with Crippen LogP contribution >= 0.6 is 0 Å². The van der Waals surface area contributed by atoms with E-state index in [0.29, 0.717) is 17.4 Å². The Balaban J connectivity index is 1.26. The van der Waals surface area contributed by atoms with E-state index in [1.807, 2.05) is 17.0 Å². The third-order valence-corrected chi connectivity index (χ3v) is 6.21. The quantitative estimate of drug-likeness (QED) is 0.805. The Kier molecular flexibility index (Phi) is 5.40. The van der Waals surface area contributed by atoms with Crippen LogP contribution < -0.4 is 20.3 Å². The van der Waals surface area contributed by atoms with Gasteiger partial charge in [0.25, 0.3) is 5.91 Å². The maximum Gasteiger partial charge on any atom is 0.263 e. The van der Waals surface area contributed by atoms with Crippen LogP contribution in [0.25, 0.3) is 0 Å². The molecule has 2 aromatic rings. The summed E-state index contributed by atoms with van der Waals surface area (Å²) in [6.07, 6.45) is 7.29. The molecule has 1 saturated carbocycles. The average molecular weight is 409 g/mol. The van der Waals surface area contributed by atoms with Gasteiger partial charge in [0.1, 0.15) is 5.56 Å². The summed E-state index contributed by atoms with van der Waals surface area (Å²) in [7, 11) is 0. The van der Waals surface area contributed by atoms with E-state index in [9.17, 15) is 4.79 Å². The number of aromatic nitrogens is 2. The Bertz CT molecular complexity index is 891. The summed E-state index contributed by atoms with van der Waals surface area (Å²) in [5.74, 6) is 0.777. The summed E-state index contributed by atoms with van der Waals surface area (Å²) in [5.41, 5.74) is 2.57. The molecule has 0 bridgehead atoms. The van der Waals surface area contributed by atoms with Gasteiger partial charge in [-0.1, -0.05) is 19.3 Å². The van der Waals surface area contributed by atoms with E-state index in [4.69, 9.17) is 4.74 Å². The van der Waals surface area contributed by atoms with Crippen molar-refractivity contribution in [1.29, 1.82) is 0 Å². The van der Waals surface area contributed by atoms with Gasteiger partial charge in [0, 0.05) is 49.8 Å². The van der Waals surface area contributed by atoms with Crippen molar-refractivity contribution in [3.63, 3.8) is 0 Å². The second kappa shape index (κ2) is 8.47. The highest BCUT2D eigenvalue weighted by atomic mass is 16.5. The standard InChI is InChI=1S/C22H28N6O2/c29-21-19-14-24-22(26-20(19)30-15-28(21)18-4-2-1-3-5-18)25-16-6-8-17(9-7-16)27-12-10-23-11-13-27/h6-9,14,18,23H,1-5,10-13,15H2,(H,24,25,26). The molecule has 0 atom stereocenters. The van der Waals surface area contributed by atoms with Crippen molar-refractivity contribution in [2.45, 2.75) is 38.1 Å². The predicted octanol–water partition coefficient (Wildman–Crippen LogP) is 2.75. The molecule has 158 valence electrons. The molecule has 1 amide bonds. The highest BCUT2D eigenvalue weighted by Crippen LogP contribution is 2.30. The molecule has 1 aromatic carbocycles. The summed E-state index contributed by atoms with van der Waals surface area (Å²) in [6, 6.07) is 8.53. The van der Waals surface area contributed by atoms with Crippen molar-refractivity contribution >= 4 is 23.2 Å². The predicted molar refractivity (Wildman–Crippen MR) is 115 cm³/mol. The largest absolute Gasteiger partial charge is 0.455 e. The van der Waals surface area contributed by atoms with Crippen molar-refractivity contribution < 1.29 is 9.53 Å². The van der Waals surface area contributed by atoms with Crippen LogP contribution in [-0.2, 0) is 0 Å². The molecule has 0 unspecified atom stereocenters. The van der Waals surface area contributed by atoms with E-state index < -0.39 is 0 Å². The zero-order chi connectivity index (χ0) is 20.3. The van der Waals surface area contributed by atoms with Gasteiger partial charge < -0.3 is 25.2 Å². The fourth-order valence-corrected chi connectivity index (χ4v) is 4.50. The number of piperazine rings is 1. The van der Waals surface area contributed by atoms with Crippen LogP contribution in [0.3, 0.4) is 0 Å². The molecule has 1 aromatic heterocycles. The van der Waals surface area contributed by atoms with Gasteiger partial charge in [0.05, 0.1) is 0 Å². The minimum Gasteiger partial charge on any atom is -0.455 e. The number of nitrogens with one attached hydrogen (secondary N) is 2. The van der Waals surface area contributed by atoms with E-state index in [2.05, 4.69) is 37.6 Å². The molecule has 5 rings (SSSR count). The molecule has 0 radical (unpaired) electrons. The highest BCUT2D eigenvalue weighted by Gasteiger charge is 2.33. The number of hydrogen-bond acceptors (Lipinski definition) is 7. The van der Waals surface area contributed by atoms with Gasteiger partial charge in [-0.15, -0.1) is 0 Å². The van der Waals surface area contributed by atoms with Gasteiger partial charge in [0.2, 0.25) is 11.8 Å². The lowest BCUT2D eigenvalue weighted by molar-refractivity contribution is 0.0303. The van der Waals surface area contributed by atoms with Crippen LogP contribution in [0.4, 0.5) is 17.3 Å². The Morgan fingerprint density at radius 1 is 1.07 bits per heavy atom. The summed E-state index contributed by atoms with van der Waals surface area (Å²) in [4.78, 5) is 25.9. The molecule has 1 saturated heterocycles. The molecule has 2 N–H and O–H groups in total. The zero-order valence-corrected chi connectivity index (χ0v) is 17.1. The third kappa shape index (κ3) is 3.92. The Morgan fingerprint density at radius 2 is 1.83 bits per heavy atom. The third-order valence-electron chi connectivity index (χ3n) is 6.21. The lowest BCUT2D eigenvalue weighted by Crippen LogP contribution is -2.46. The molecular weight excluding hydrogens is 380 g/mol. The van der Waals surface area contributed by atoms with Crippen molar-refractivity contribution in [3.8, 4) is 5.88 Å². The zero-order valence-electron chi connectivity index (χ0n) is 17.1. The Labute approximate surface area is 176 Å². The smallest absolute Gasteiger partial charge is 0.263 e. The summed E-state index contributed by atoms with van der Waals surface area (Å²) >= 11 is 0. The maximum atomic E-state index is 12.9. The van der Waals surface area contributed by atoms with E-state index >= 15 is 0 Å². The number of anilines is 3. The molecular formula is C22H28N6O2. The van der Waals surface area contributed by atoms with Crippen LogP contribution in [0, 0.1) is 0 Å². The van der Waals surface area contributed by atoms with Crippen molar-refractivity contribution in [3.05, 3.63) is 36.0 Å². The second-order valence-electron chi connectivity index (χ2n) is 8.16. The first-order valence-corrected chi connectivity index (χ1v) is 10.9. The normalized spacial score (nSPS) is 19.9. The second-order valence-corrected chi connectivity index (χ2v) is 8.16. The van der Waals surface area contributed by atoms with Crippen LogP contribution in [0.2, 0.25) is 0 Å². The van der Waals surface area contributed by atoms with Crippen LogP contribution in [0.5, 0.6) is 5.88 Å².